The predicted molar refractivity (Wildman–Crippen MR) is 91.7 cm³/mol. The summed E-state index contributed by atoms with van der Waals surface area (Å²) in [5, 5.41) is 2.95. The third-order valence-corrected chi connectivity index (χ3v) is 4.50. The van der Waals surface area contributed by atoms with Gasteiger partial charge in [-0.1, -0.05) is 32.0 Å². The van der Waals surface area contributed by atoms with Gasteiger partial charge in [-0.15, -0.1) is 0 Å². The summed E-state index contributed by atoms with van der Waals surface area (Å²) in [5.74, 6) is 1.32. The number of halogens is 1. The summed E-state index contributed by atoms with van der Waals surface area (Å²) in [6.07, 6.45) is 3.10. The first kappa shape index (κ1) is 17.9. The number of nitrogens with zero attached hydrogens (tertiary/aromatic N) is 1. The number of rotatable bonds is 7. The van der Waals surface area contributed by atoms with Gasteiger partial charge in [0.25, 0.3) is 0 Å². The molecule has 1 aromatic rings. The first-order valence-corrected chi connectivity index (χ1v) is 8.77. The van der Waals surface area contributed by atoms with Crippen molar-refractivity contribution in [2.45, 2.75) is 39.5 Å². The number of hydrogen-bond acceptors (Lipinski definition) is 2. The van der Waals surface area contributed by atoms with Gasteiger partial charge in [-0.05, 0) is 49.3 Å². The van der Waals surface area contributed by atoms with Crippen molar-refractivity contribution in [3.63, 3.8) is 0 Å². The predicted octanol–water partition coefficient (Wildman–Crippen LogP) is 3.24. The average Bonchev–Trinajstić information content (AvgIpc) is 2.50. The maximum absolute atomic E-state index is 13.5. The van der Waals surface area contributed by atoms with Crippen LogP contribution in [0.4, 0.5) is 4.39 Å². The molecule has 0 radical (unpaired) electrons. The van der Waals surface area contributed by atoms with Crippen LogP contribution in [0.25, 0.3) is 0 Å². The van der Waals surface area contributed by atoms with E-state index in [2.05, 4.69) is 24.1 Å². The van der Waals surface area contributed by atoms with E-state index < -0.39 is 0 Å². The molecule has 1 aromatic carbocycles. The van der Waals surface area contributed by atoms with Crippen molar-refractivity contribution < 1.29 is 9.18 Å². The molecule has 2 atom stereocenters. The molecular formula is C19H29FN2O. The minimum absolute atomic E-state index is 0.00799. The summed E-state index contributed by atoms with van der Waals surface area (Å²) in [6, 6.07) is 6.65. The van der Waals surface area contributed by atoms with Gasteiger partial charge in [0.1, 0.15) is 5.82 Å². The second-order valence-electron chi connectivity index (χ2n) is 7.00. The van der Waals surface area contributed by atoms with Gasteiger partial charge in [0.05, 0.1) is 0 Å². The second kappa shape index (κ2) is 9.02. The third-order valence-electron chi connectivity index (χ3n) is 4.50. The smallest absolute Gasteiger partial charge is 0.220 e. The molecule has 3 nitrogen and oxygen atoms in total. The van der Waals surface area contributed by atoms with Crippen LogP contribution in [0, 0.1) is 17.7 Å². The first-order chi connectivity index (χ1) is 11.0. The molecule has 0 aliphatic carbocycles. The van der Waals surface area contributed by atoms with Crippen molar-refractivity contribution in [1.82, 2.24) is 10.2 Å². The van der Waals surface area contributed by atoms with E-state index in [9.17, 15) is 9.18 Å². The lowest BCUT2D eigenvalue weighted by Gasteiger charge is -2.34. The summed E-state index contributed by atoms with van der Waals surface area (Å²) in [4.78, 5) is 14.3. The Morgan fingerprint density at radius 2 is 1.96 bits per heavy atom. The molecule has 1 saturated heterocycles. The number of piperidine rings is 1. The molecule has 1 amide bonds. The highest BCUT2D eigenvalue weighted by Gasteiger charge is 2.20. The topological polar surface area (TPSA) is 32.3 Å². The third kappa shape index (κ3) is 6.30. The van der Waals surface area contributed by atoms with E-state index in [1.807, 2.05) is 0 Å². The molecule has 2 rings (SSSR count). The van der Waals surface area contributed by atoms with E-state index in [4.69, 9.17) is 0 Å². The molecule has 23 heavy (non-hydrogen) atoms. The SMILES string of the molecule is CC1CC(C)CN(CCCNC(=O)CCc2ccccc2F)C1. The molecule has 0 bridgehead atoms. The van der Waals surface area contributed by atoms with Crippen LogP contribution in [0.15, 0.2) is 24.3 Å². The average molecular weight is 320 g/mol. The van der Waals surface area contributed by atoms with Crippen molar-refractivity contribution in [2.75, 3.05) is 26.2 Å². The normalized spacial score (nSPS) is 22.0. The Balaban J connectivity index is 1.59. The van der Waals surface area contributed by atoms with Crippen LogP contribution in [0.1, 0.15) is 38.7 Å². The number of benzene rings is 1. The Morgan fingerprint density at radius 3 is 2.65 bits per heavy atom. The fraction of sp³-hybridized carbons (Fsp3) is 0.632. The van der Waals surface area contributed by atoms with Crippen LogP contribution in [-0.4, -0.2) is 37.0 Å². The zero-order valence-corrected chi connectivity index (χ0v) is 14.4. The Morgan fingerprint density at radius 1 is 1.26 bits per heavy atom. The van der Waals surface area contributed by atoms with Crippen LogP contribution in [-0.2, 0) is 11.2 Å². The van der Waals surface area contributed by atoms with Crippen molar-refractivity contribution in [1.29, 1.82) is 0 Å². The van der Waals surface area contributed by atoms with Gasteiger partial charge in [-0.3, -0.25) is 4.79 Å². The van der Waals surface area contributed by atoms with Gasteiger partial charge in [0.2, 0.25) is 5.91 Å². The quantitative estimate of drug-likeness (QED) is 0.782. The Hall–Kier alpha value is -1.42. The van der Waals surface area contributed by atoms with E-state index in [-0.39, 0.29) is 11.7 Å². The van der Waals surface area contributed by atoms with Crippen LogP contribution in [0.5, 0.6) is 0 Å². The summed E-state index contributed by atoms with van der Waals surface area (Å²) >= 11 is 0. The van der Waals surface area contributed by atoms with E-state index >= 15 is 0 Å². The van der Waals surface area contributed by atoms with Crippen molar-refractivity contribution in [3.8, 4) is 0 Å². The molecule has 4 heteroatoms. The molecule has 1 N–H and O–H groups in total. The molecule has 0 spiro atoms. The number of hydrogen-bond donors (Lipinski definition) is 1. The molecule has 128 valence electrons. The van der Waals surface area contributed by atoms with Crippen molar-refractivity contribution in [3.05, 3.63) is 35.6 Å². The lowest BCUT2D eigenvalue weighted by Crippen LogP contribution is -2.40. The lowest BCUT2D eigenvalue weighted by molar-refractivity contribution is -0.121. The van der Waals surface area contributed by atoms with Crippen LogP contribution in [0.2, 0.25) is 0 Å². The molecule has 1 heterocycles. The number of carbonyl (C=O) groups excluding carboxylic acids is 1. The van der Waals surface area contributed by atoms with Crippen molar-refractivity contribution in [2.24, 2.45) is 11.8 Å². The van der Waals surface area contributed by atoms with E-state index in [0.29, 0.717) is 24.9 Å². The zero-order chi connectivity index (χ0) is 16.7. The molecule has 1 aliphatic rings. The highest BCUT2D eigenvalue weighted by molar-refractivity contribution is 5.76. The van der Waals surface area contributed by atoms with Crippen LogP contribution in [0.3, 0.4) is 0 Å². The lowest BCUT2D eigenvalue weighted by atomic mass is 9.92. The summed E-state index contributed by atoms with van der Waals surface area (Å²) in [7, 11) is 0. The number of carbonyl (C=O) groups is 1. The van der Waals surface area contributed by atoms with Gasteiger partial charge in [-0.25, -0.2) is 4.39 Å². The van der Waals surface area contributed by atoms with Gasteiger partial charge in [0.15, 0.2) is 0 Å². The fourth-order valence-corrected chi connectivity index (χ4v) is 3.54. The summed E-state index contributed by atoms with van der Waals surface area (Å²) in [6.45, 7) is 8.72. The molecule has 1 fully saturated rings. The number of nitrogens with one attached hydrogen (secondary N) is 1. The van der Waals surface area contributed by atoms with Crippen LogP contribution < -0.4 is 5.32 Å². The van der Waals surface area contributed by atoms with Crippen LogP contribution >= 0.6 is 0 Å². The molecular weight excluding hydrogens is 291 g/mol. The highest BCUT2D eigenvalue weighted by atomic mass is 19.1. The van der Waals surface area contributed by atoms with E-state index in [1.54, 1.807) is 18.2 Å². The Labute approximate surface area is 139 Å². The minimum atomic E-state index is -0.228. The number of likely N-dealkylation sites (tertiary alicyclic amines) is 1. The number of amides is 1. The maximum Gasteiger partial charge on any atom is 0.220 e. The molecule has 2 unspecified atom stereocenters. The molecule has 0 saturated carbocycles. The fourth-order valence-electron chi connectivity index (χ4n) is 3.54. The van der Waals surface area contributed by atoms with Gasteiger partial charge in [-0.2, -0.15) is 0 Å². The number of aryl methyl sites for hydroxylation is 1. The molecule has 0 aromatic heterocycles. The highest BCUT2D eigenvalue weighted by Crippen LogP contribution is 2.20. The first-order valence-electron chi connectivity index (χ1n) is 8.77. The van der Waals surface area contributed by atoms with E-state index in [1.165, 1.54) is 25.6 Å². The largest absolute Gasteiger partial charge is 0.356 e. The Bertz CT molecular complexity index is 496. The van der Waals surface area contributed by atoms with Crippen molar-refractivity contribution >= 4 is 5.91 Å². The van der Waals surface area contributed by atoms with Gasteiger partial charge in [0, 0.05) is 26.1 Å². The Kier molecular flexibility index (Phi) is 7.03. The van der Waals surface area contributed by atoms with Gasteiger partial charge >= 0.3 is 0 Å². The summed E-state index contributed by atoms with van der Waals surface area (Å²) < 4.78 is 13.5. The maximum atomic E-state index is 13.5. The minimum Gasteiger partial charge on any atom is -0.356 e. The summed E-state index contributed by atoms with van der Waals surface area (Å²) in [5.41, 5.74) is 0.610. The second-order valence-corrected chi connectivity index (χ2v) is 7.00. The monoisotopic (exact) mass is 320 g/mol. The van der Waals surface area contributed by atoms with Gasteiger partial charge < -0.3 is 10.2 Å². The molecule has 1 aliphatic heterocycles. The van der Waals surface area contributed by atoms with E-state index in [0.717, 1.165) is 24.8 Å². The standard InChI is InChI=1S/C19H29FN2O/c1-15-12-16(2)14-22(13-15)11-5-10-21-19(23)9-8-17-6-3-4-7-18(17)20/h3-4,6-7,15-16H,5,8-14H2,1-2H3,(H,21,23). The zero-order valence-electron chi connectivity index (χ0n) is 14.4.